The predicted molar refractivity (Wildman–Crippen MR) is 88.9 cm³/mol. The van der Waals surface area contributed by atoms with Gasteiger partial charge in [-0.3, -0.25) is 0 Å². The van der Waals surface area contributed by atoms with Gasteiger partial charge in [0.2, 0.25) is 0 Å². The lowest BCUT2D eigenvalue weighted by atomic mass is 10.0. The van der Waals surface area contributed by atoms with E-state index in [4.69, 9.17) is 11.6 Å². The van der Waals surface area contributed by atoms with Gasteiger partial charge in [0, 0.05) is 17.1 Å². The van der Waals surface area contributed by atoms with Crippen LogP contribution in [0.1, 0.15) is 37.4 Å². The Morgan fingerprint density at radius 3 is 2.38 bits per heavy atom. The van der Waals surface area contributed by atoms with Gasteiger partial charge in [0.1, 0.15) is 5.75 Å². The first kappa shape index (κ1) is 15.9. The Hall–Kier alpha value is -1.51. The summed E-state index contributed by atoms with van der Waals surface area (Å²) in [6, 6.07) is 16.0. The summed E-state index contributed by atoms with van der Waals surface area (Å²) in [5, 5.41) is 13.7. The third-order valence-electron chi connectivity index (χ3n) is 3.71. The molecule has 0 bridgehead atoms. The quantitative estimate of drug-likeness (QED) is 0.809. The monoisotopic (exact) mass is 303 g/mol. The zero-order chi connectivity index (χ0) is 15.2. The van der Waals surface area contributed by atoms with Crippen LogP contribution < -0.4 is 5.32 Å². The number of benzene rings is 2. The van der Waals surface area contributed by atoms with E-state index in [0.29, 0.717) is 11.8 Å². The largest absolute Gasteiger partial charge is 0.508 e. The molecule has 112 valence electrons. The number of hydrogen-bond donors (Lipinski definition) is 2. The molecule has 0 fully saturated rings. The molecular weight excluding hydrogens is 282 g/mol. The number of phenols is 1. The van der Waals surface area contributed by atoms with Gasteiger partial charge in [-0.05, 0) is 56.0 Å². The predicted octanol–water partition coefficient (Wildman–Crippen LogP) is 4.72. The van der Waals surface area contributed by atoms with Crippen molar-refractivity contribution in [2.75, 3.05) is 0 Å². The van der Waals surface area contributed by atoms with Crippen molar-refractivity contribution in [1.82, 2.24) is 5.32 Å². The zero-order valence-corrected chi connectivity index (χ0v) is 13.3. The Bertz CT molecular complexity index is 568. The van der Waals surface area contributed by atoms with E-state index in [0.717, 1.165) is 23.4 Å². The van der Waals surface area contributed by atoms with Crippen molar-refractivity contribution in [1.29, 1.82) is 0 Å². The molecule has 2 atom stereocenters. The molecule has 2 rings (SSSR count). The number of rotatable bonds is 6. The van der Waals surface area contributed by atoms with Crippen molar-refractivity contribution in [2.24, 2.45) is 0 Å². The van der Waals surface area contributed by atoms with Gasteiger partial charge in [0.25, 0.3) is 0 Å². The van der Waals surface area contributed by atoms with Crippen molar-refractivity contribution in [2.45, 2.75) is 38.8 Å². The minimum Gasteiger partial charge on any atom is -0.508 e. The number of phenolic OH excluding ortho intramolecular Hbond substituents is 1. The van der Waals surface area contributed by atoms with E-state index in [1.54, 1.807) is 12.1 Å². The molecule has 0 amide bonds. The van der Waals surface area contributed by atoms with Crippen molar-refractivity contribution in [3.05, 3.63) is 64.7 Å². The van der Waals surface area contributed by atoms with Crippen LogP contribution in [-0.2, 0) is 6.42 Å². The van der Waals surface area contributed by atoms with Gasteiger partial charge in [-0.1, -0.05) is 41.9 Å². The van der Waals surface area contributed by atoms with E-state index in [9.17, 15) is 5.11 Å². The highest BCUT2D eigenvalue weighted by atomic mass is 35.5. The third-order valence-corrected chi connectivity index (χ3v) is 4.05. The van der Waals surface area contributed by atoms with E-state index < -0.39 is 0 Å². The third kappa shape index (κ3) is 4.76. The highest BCUT2D eigenvalue weighted by Crippen LogP contribution is 2.23. The topological polar surface area (TPSA) is 32.3 Å². The lowest BCUT2D eigenvalue weighted by Crippen LogP contribution is -2.29. The summed E-state index contributed by atoms with van der Waals surface area (Å²) in [5.41, 5.74) is 2.38. The molecule has 0 heterocycles. The summed E-state index contributed by atoms with van der Waals surface area (Å²) >= 11 is 6.23. The van der Waals surface area contributed by atoms with E-state index in [-0.39, 0.29) is 6.04 Å². The number of aromatic hydroxyl groups is 1. The molecule has 2 aromatic carbocycles. The molecule has 2 nitrogen and oxygen atoms in total. The average molecular weight is 304 g/mol. The van der Waals surface area contributed by atoms with Crippen molar-refractivity contribution >= 4 is 11.6 Å². The molecule has 21 heavy (non-hydrogen) atoms. The standard InChI is InChI=1S/C18H22ClNO/c1-13(7-8-15-9-11-16(21)12-10-15)20-14(2)17-5-3-4-6-18(17)19/h3-6,9-14,20-21H,7-8H2,1-2H3/t13?,14-/m0/s1. The molecule has 0 spiro atoms. The smallest absolute Gasteiger partial charge is 0.115 e. The van der Waals surface area contributed by atoms with Gasteiger partial charge in [0.05, 0.1) is 0 Å². The zero-order valence-electron chi connectivity index (χ0n) is 12.5. The molecule has 0 aliphatic heterocycles. The molecule has 0 aromatic heterocycles. The minimum atomic E-state index is 0.230. The molecule has 2 N–H and O–H groups in total. The number of nitrogens with one attached hydrogen (secondary N) is 1. The van der Waals surface area contributed by atoms with Gasteiger partial charge in [-0.15, -0.1) is 0 Å². The SMILES string of the molecule is CC(CCc1ccc(O)cc1)N[C@@H](C)c1ccccc1Cl. The number of hydrogen-bond acceptors (Lipinski definition) is 2. The van der Waals surface area contributed by atoms with E-state index in [2.05, 4.69) is 25.2 Å². The normalized spacial score (nSPS) is 13.9. The van der Waals surface area contributed by atoms with Gasteiger partial charge in [-0.2, -0.15) is 0 Å². The molecule has 3 heteroatoms. The first-order valence-corrected chi connectivity index (χ1v) is 7.72. The lowest BCUT2D eigenvalue weighted by molar-refractivity contribution is 0.456. The van der Waals surface area contributed by atoms with Crippen LogP contribution in [0.15, 0.2) is 48.5 Å². The fraction of sp³-hybridized carbons (Fsp3) is 0.333. The molecular formula is C18H22ClNO. The number of halogens is 1. The molecule has 2 aromatic rings. The maximum absolute atomic E-state index is 9.28. The van der Waals surface area contributed by atoms with Gasteiger partial charge in [-0.25, -0.2) is 0 Å². The van der Waals surface area contributed by atoms with Crippen LogP contribution in [0.2, 0.25) is 5.02 Å². The Labute approximate surface area is 131 Å². The summed E-state index contributed by atoms with van der Waals surface area (Å²) < 4.78 is 0. The summed E-state index contributed by atoms with van der Waals surface area (Å²) in [4.78, 5) is 0. The van der Waals surface area contributed by atoms with Gasteiger partial charge in [0.15, 0.2) is 0 Å². The first-order chi connectivity index (χ1) is 10.1. The number of aryl methyl sites for hydroxylation is 1. The molecule has 0 aliphatic carbocycles. The van der Waals surface area contributed by atoms with Crippen LogP contribution in [0.5, 0.6) is 5.75 Å². The fourth-order valence-corrected chi connectivity index (χ4v) is 2.77. The van der Waals surface area contributed by atoms with Crippen LogP contribution in [0, 0.1) is 0 Å². The minimum absolute atomic E-state index is 0.230. The van der Waals surface area contributed by atoms with Crippen LogP contribution in [0.4, 0.5) is 0 Å². The van der Waals surface area contributed by atoms with Crippen molar-refractivity contribution in [3.8, 4) is 5.75 Å². The second-order valence-corrected chi connectivity index (χ2v) is 5.92. The highest BCUT2D eigenvalue weighted by molar-refractivity contribution is 6.31. The summed E-state index contributed by atoms with van der Waals surface area (Å²) in [6.07, 6.45) is 2.03. The summed E-state index contributed by atoms with van der Waals surface area (Å²) in [5.74, 6) is 0.317. The van der Waals surface area contributed by atoms with Gasteiger partial charge >= 0.3 is 0 Å². The van der Waals surface area contributed by atoms with Crippen molar-refractivity contribution in [3.63, 3.8) is 0 Å². The Balaban J connectivity index is 1.85. The maximum atomic E-state index is 9.28. The van der Waals surface area contributed by atoms with Crippen LogP contribution >= 0.6 is 11.6 Å². The van der Waals surface area contributed by atoms with Crippen molar-refractivity contribution < 1.29 is 5.11 Å². The second kappa shape index (κ2) is 7.48. The Morgan fingerprint density at radius 1 is 1.05 bits per heavy atom. The lowest BCUT2D eigenvalue weighted by Gasteiger charge is -2.21. The van der Waals surface area contributed by atoms with Crippen LogP contribution in [-0.4, -0.2) is 11.1 Å². The van der Waals surface area contributed by atoms with Crippen LogP contribution in [0.25, 0.3) is 0 Å². The Kier molecular flexibility index (Phi) is 5.66. The van der Waals surface area contributed by atoms with E-state index in [1.807, 2.05) is 30.3 Å². The highest BCUT2D eigenvalue weighted by Gasteiger charge is 2.12. The molecule has 0 aliphatic rings. The fourth-order valence-electron chi connectivity index (χ4n) is 2.47. The average Bonchev–Trinajstić information content (AvgIpc) is 2.47. The second-order valence-electron chi connectivity index (χ2n) is 5.52. The van der Waals surface area contributed by atoms with Gasteiger partial charge < -0.3 is 10.4 Å². The molecule has 1 unspecified atom stereocenters. The summed E-state index contributed by atoms with van der Waals surface area (Å²) in [7, 11) is 0. The molecule has 0 radical (unpaired) electrons. The van der Waals surface area contributed by atoms with E-state index in [1.165, 1.54) is 5.56 Å². The van der Waals surface area contributed by atoms with Crippen LogP contribution in [0.3, 0.4) is 0 Å². The molecule has 0 saturated heterocycles. The Morgan fingerprint density at radius 2 is 1.71 bits per heavy atom. The maximum Gasteiger partial charge on any atom is 0.115 e. The molecule has 0 saturated carbocycles. The first-order valence-electron chi connectivity index (χ1n) is 7.34. The summed E-state index contributed by atoms with van der Waals surface area (Å²) in [6.45, 7) is 4.33. The van der Waals surface area contributed by atoms with E-state index >= 15 is 0 Å².